The van der Waals surface area contributed by atoms with E-state index in [9.17, 15) is 0 Å². The predicted molar refractivity (Wildman–Crippen MR) is 76.0 cm³/mol. The Morgan fingerprint density at radius 2 is 2.17 bits per heavy atom. The van der Waals surface area contributed by atoms with Gasteiger partial charge in [-0.25, -0.2) is 4.98 Å². The molecule has 96 valence electrons. The molecule has 0 spiro atoms. The zero-order valence-electron chi connectivity index (χ0n) is 11.0. The largest absolute Gasteiger partial charge is 0.331 e. The van der Waals surface area contributed by atoms with Crippen LogP contribution in [0, 0.1) is 6.92 Å². The first-order valence-corrected chi connectivity index (χ1v) is 6.44. The Kier molecular flexibility index (Phi) is 4.04. The highest BCUT2D eigenvalue weighted by Crippen LogP contribution is 2.26. The number of hydrogen-bond acceptors (Lipinski definition) is 2. The second-order valence-electron chi connectivity index (χ2n) is 4.38. The Bertz CT molecular complexity index is 546. The van der Waals surface area contributed by atoms with Gasteiger partial charge in [0.2, 0.25) is 0 Å². The van der Waals surface area contributed by atoms with Crippen molar-refractivity contribution in [3.05, 3.63) is 40.8 Å². The minimum absolute atomic E-state index is 0.755. The van der Waals surface area contributed by atoms with Crippen LogP contribution in [0.2, 0.25) is 5.02 Å². The summed E-state index contributed by atoms with van der Waals surface area (Å²) in [5.74, 6) is 1.09. The zero-order chi connectivity index (χ0) is 13.1. The Morgan fingerprint density at radius 1 is 1.39 bits per heavy atom. The Labute approximate surface area is 113 Å². The number of rotatable bonds is 4. The lowest BCUT2D eigenvalue weighted by molar-refractivity contribution is 0.720. The van der Waals surface area contributed by atoms with E-state index in [0.29, 0.717) is 0 Å². The van der Waals surface area contributed by atoms with E-state index in [1.807, 2.05) is 32.2 Å². The molecular formula is C14H18ClN3. The van der Waals surface area contributed by atoms with Gasteiger partial charge in [-0.15, -0.1) is 0 Å². The normalized spacial score (nSPS) is 10.9. The van der Waals surface area contributed by atoms with Crippen LogP contribution in [0.5, 0.6) is 0 Å². The summed E-state index contributed by atoms with van der Waals surface area (Å²) in [5.41, 5.74) is 3.31. The minimum atomic E-state index is 0.755. The maximum atomic E-state index is 6.05. The summed E-state index contributed by atoms with van der Waals surface area (Å²) in [6, 6.07) is 7.90. The number of aryl methyl sites for hydroxylation is 1. The highest BCUT2D eigenvalue weighted by molar-refractivity contribution is 6.30. The van der Waals surface area contributed by atoms with E-state index in [4.69, 9.17) is 11.6 Å². The smallest absolute Gasteiger partial charge is 0.110 e. The first-order valence-electron chi connectivity index (χ1n) is 6.06. The molecule has 1 N–H and O–H groups in total. The van der Waals surface area contributed by atoms with Crippen molar-refractivity contribution in [2.45, 2.75) is 13.3 Å². The van der Waals surface area contributed by atoms with Crippen molar-refractivity contribution in [3.63, 3.8) is 0 Å². The van der Waals surface area contributed by atoms with E-state index < -0.39 is 0 Å². The molecule has 0 aliphatic rings. The number of nitrogens with zero attached hydrogens (tertiary/aromatic N) is 2. The summed E-state index contributed by atoms with van der Waals surface area (Å²) in [7, 11) is 4.01. The number of aromatic nitrogens is 2. The SMILES string of the molecule is CNCCc1nc(C)c(-c2cccc(Cl)c2)n1C. The summed E-state index contributed by atoms with van der Waals surface area (Å²) in [5, 5.41) is 3.90. The fourth-order valence-corrected chi connectivity index (χ4v) is 2.38. The van der Waals surface area contributed by atoms with Gasteiger partial charge in [0, 0.05) is 30.6 Å². The van der Waals surface area contributed by atoms with Crippen molar-refractivity contribution < 1.29 is 0 Å². The Morgan fingerprint density at radius 3 is 2.83 bits per heavy atom. The van der Waals surface area contributed by atoms with Gasteiger partial charge in [-0.05, 0) is 26.1 Å². The quantitative estimate of drug-likeness (QED) is 0.919. The molecule has 2 rings (SSSR count). The highest BCUT2D eigenvalue weighted by atomic mass is 35.5. The zero-order valence-corrected chi connectivity index (χ0v) is 11.8. The van der Waals surface area contributed by atoms with Crippen LogP contribution in [0.25, 0.3) is 11.3 Å². The van der Waals surface area contributed by atoms with Crippen LogP contribution in [0.3, 0.4) is 0 Å². The molecule has 0 amide bonds. The average molecular weight is 264 g/mol. The molecule has 0 fully saturated rings. The van der Waals surface area contributed by atoms with Gasteiger partial charge in [-0.1, -0.05) is 23.7 Å². The molecule has 0 saturated carbocycles. The van der Waals surface area contributed by atoms with Crippen molar-refractivity contribution >= 4 is 11.6 Å². The molecule has 0 aliphatic heterocycles. The number of halogens is 1. The molecule has 0 atom stereocenters. The second kappa shape index (κ2) is 5.55. The van der Waals surface area contributed by atoms with Crippen LogP contribution in [0.1, 0.15) is 11.5 Å². The van der Waals surface area contributed by atoms with E-state index in [1.165, 1.54) is 0 Å². The summed E-state index contributed by atoms with van der Waals surface area (Å²) in [6.07, 6.45) is 0.925. The number of hydrogen-bond donors (Lipinski definition) is 1. The maximum absolute atomic E-state index is 6.05. The van der Waals surface area contributed by atoms with Gasteiger partial charge in [0.05, 0.1) is 11.4 Å². The first-order chi connectivity index (χ1) is 8.63. The predicted octanol–water partition coefficient (Wildman–Crippen LogP) is 2.81. The topological polar surface area (TPSA) is 29.9 Å². The van der Waals surface area contributed by atoms with Gasteiger partial charge in [-0.3, -0.25) is 0 Å². The molecule has 1 aromatic heterocycles. The fourth-order valence-electron chi connectivity index (χ4n) is 2.19. The monoisotopic (exact) mass is 263 g/mol. The van der Waals surface area contributed by atoms with Gasteiger partial charge in [0.15, 0.2) is 0 Å². The lowest BCUT2D eigenvalue weighted by Gasteiger charge is -2.07. The van der Waals surface area contributed by atoms with E-state index in [0.717, 1.165) is 40.8 Å². The standard InChI is InChI=1S/C14H18ClN3/c1-10-14(11-5-4-6-12(15)9-11)18(3)13(17-10)7-8-16-2/h4-6,9,16H,7-8H2,1-3H3. The minimum Gasteiger partial charge on any atom is -0.331 e. The summed E-state index contributed by atoms with van der Waals surface area (Å²) < 4.78 is 2.15. The number of imidazole rings is 1. The molecule has 18 heavy (non-hydrogen) atoms. The van der Waals surface area contributed by atoms with Gasteiger partial charge >= 0.3 is 0 Å². The fraction of sp³-hybridized carbons (Fsp3) is 0.357. The van der Waals surface area contributed by atoms with Gasteiger partial charge in [0.25, 0.3) is 0 Å². The van der Waals surface area contributed by atoms with Crippen molar-refractivity contribution in [3.8, 4) is 11.3 Å². The maximum Gasteiger partial charge on any atom is 0.110 e. The first kappa shape index (κ1) is 13.1. The molecule has 0 unspecified atom stereocenters. The number of nitrogens with one attached hydrogen (secondary N) is 1. The number of likely N-dealkylation sites (N-methyl/N-ethyl adjacent to an activating group) is 1. The van der Waals surface area contributed by atoms with E-state index in [2.05, 4.69) is 28.0 Å². The molecule has 0 radical (unpaired) electrons. The van der Waals surface area contributed by atoms with Gasteiger partial charge in [0.1, 0.15) is 5.82 Å². The molecule has 3 nitrogen and oxygen atoms in total. The molecule has 4 heteroatoms. The highest BCUT2D eigenvalue weighted by Gasteiger charge is 2.12. The third kappa shape index (κ3) is 2.57. The van der Waals surface area contributed by atoms with Crippen molar-refractivity contribution in [2.24, 2.45) is 7.05 Å². The van der Waals surface area contributed by atoms with Crippen LogP contribution in [0.15, 0.2) is 24.3 Å². The van der Waals surface area contributed by atoms with Crippen LogP contribution in [-0.2, 0) is 13.5 Å². The molecule has 0 bridgehead atoms. The lowest BCUT2D eigenvalue weighted by atomic mass is 10.1. The van der Waals surface area contributed by atoms with Crippen molar-refractivity contribution in [2.75, 3.05) is 13.6 Å². The summed E-state index contributed by atoms with van der Waals surface area (Å²) in [6.45, 7) is 2.97. The molecule has 0 aliphatic carbocycles. The van der Waals surface area contributed by atoms with E-state index >= 15 is 0 Å². The van der Waals surface area contributed by atoms with Gasteiger partial charge < -0.3 is 9.88 Å². The molecule has 1 heterocycles. The van der Waals surface area contributed by atoms with E-state index in [-0.39, 0.29) is 0 Å². The van der Waals surface area contributed by atoms with Crippen LogP contribution in [0.4, 0.5) is 0 Å². The third-order valence-electron chi connectivity index (χ3n) is 3.06. The van der Waals surface area contributed by atoms with Crippen LogP contribution < -0.4 is 5.32 Å². The van der Waals surface area contributed by atoms with Crippen molar-refractivity contribution in [1.29, 1.82) is 0 Å². The van der Waals surface area contributed by atoms with Crippen LogP contribution >= 0.6 is 11.6 Å². The second-order valence-corrected chi connectivity index (χ2v) is 4.82. The molecule has 1 aromatic carbocycles. The van der Waals surface area contributed by atoms with E-state index in [1.54, 1.807) is 0 Å². The summed E-state index contributed by atoms with van der Waals surface area (Å²) >= 11 is 6.05. The third-order valence-corrected chi connectivity index (χ3v) is 3.29. The molecule has 0 saturated heterocycles. The Hall–Kier alpha value is -1.32. The van der Waals surface area contributed by atoms with Crippen LogP contribution in [-0.4, -0.2) is 23.1 Å². The molecule has 2 aromatic rings. The summed E-state index contributed by atoms with van der Waals surface area (Å²) in [4.78, 5) is 4.63. The Balaban J connectivity index is 2.42. The van der Waals surface area contributed by atoms with Gasteiger partial charge in [-0.2, -0.15) is 0 Å². The van der Waals surface area contributed by atoms with Crippen molar-refractivity contribution in [1.82, 2.24) is 14.9 Å². The molecular weight excluding hydrogens is 246 g/mol. The number of benzene rings is 1. The average Bonchev–Trinajstić information content (AvgIpc) is 2.62. The lowest BCUT2D eigenvalue weighted by Crippen LogP contribution is -2.13.